The Labute approximate surface area is 122 Å². The molecule has 0 atom stereocenters. The molecule has 21 heavy (non-hydrogen) atoms. The number of likely N-dealkylation sites (N-methyl/N-ethyl adjacent to an activating group) is 1. The van der Waals surface area contributed by atoms with E-state index in [0.717, 1.165) is 12.6 Å². The molecule has 0 bridgehead atoms. The van der Waals surface area contributed by atoms with Crippen molar-refractivity contribution in [2.75, 3.05) is 52.8 Å². The number of ether oxygens (including phenoxy) is 2. The lowest BCUT2D eigenvalue weighted by atomic mass is 10.2. The first kappa shape index (κ1) is 17.1. The third kappa shape index (κ3) is 5.16. The fraction of sp³-hybridized carbons (Fsp3) is 0.538. The summed E-state index contributed by atoms with van der Waals surface area (Å²) in [4.78, 5) is 12.1. The fourth-order valence-electron chi connectivity index (χ4n) is 1.72. The third-order valence-corrected chi connectivity index (χ3v) is 2.95. The van der Waals surface area contributed by atoms with Gasteiger partial charge in [-0.2, -0.15) is 0 Å². The van der Waals surface area contributed by atoms with E-state index in [2.05, 4.69) is 5.32 Å². The van der Waals surface area contributed by atoms with Gasteiger partial charge in [-0.15, -0.1) is 0 Å². The lowest BCUT2D eigenvalue weighted by molar-refractivity contribution is -0.385. The van der Waals surface area contributed by atoms with Crippen molar-refractivity contribution in [1.82, 2.24) is 4.90 Å². The van der Waals surface area contributed by atoms with Gasteiger partial charge in [-0.25, -0.2) is 4.39 Å². The first-order valence-electron chi connectivity index (χ1n) is 6.42. The van der Waals surface area contributed by atoms with Crippen LogP contribution in [-0.2, 0) is 4.74 Å². The van der Waals surface area contributed by atoms with Crippen molar-refractivity contribution in [2.24, 2.45) is 0 Å². The zero-order chi connectivity index (χ0) is 15.8. The molecular formula is C13H20FN3O4. The highest BCUT2D eigenvalue weighted by molar-refractivity contribution is 5.59. The van der Waals surface area contributed by atoms with E-state index >= 15 is 0 Å². The summed E-state index contributed by atoms with van der Waals surface area (Å²) < 4.78 is 23.7. The smallest absolute Gasteiger partial charge is 0.313 e. The Hall–Kier alpha value is -1.93. The molecule has 1 aromatic rings. The zero-order valence-electron chi connectivity index (χ0n) is 12.4. The second kappa shape index (κ2) is 8.38. The minimum absolute atomic E-state index is 0.0247. The molecule has 8 heteroatoms. The summed E-state index contributed by atoms with van der Waals surface area (Å²) in [6.45, 7) is 2.57. The molecule has 0 radical (unpaired) electrons. The van der Waals surface area contributed by atoms with Gasteiger partial charge in [0.2, 0.25) is 0 Å². The lowest BCUT2D eigenvalue weighted by Gasteiger charge is -2.17. The van der Waals surface area contributed by atoms with Gasteiger partial charge in [0.25, 0.3) is 0 Å². The van der Waals surface area contributed by atoms with Gasteiger partial charge in [0, 0.05) is 32.8 Å². The third-order valence-electron chi connectivity index (χ3n) is 2.95. The van der Waals surface area contributed by atoms with Gasteiger partial charge in [-0.3, -0.25) is 10.1 Å². The Balaban J connectivity index is 2.65. The number of rotatable bonds is 9. The average molecular weight is 301 g/mol. The molecule has 118 valence electrons. The van der Waals surface area contributed by atoms with Crippen LogP contribution in [0.1, 0.15) is 0 Å². The number of hydrogen-bond acceptors (Lipinski definition) is 6. The first-order chi connectivity index (χ1) is 9.99. The van der Waals surface area contributed by atoms with Gasteiger partial charge in [-0.1, -0.05) is 0 Å². The number of benzene rings is 1. The van der Waals surface area contributed by atoms with Crippen molar-refractivity contribution in [2.45, 2.75) is 0 Å². The van der Waals surface area contributed by atoms with Gasteiger partial charge >= 0.3 is 5.69 Å². The van der Waals surface area contributed by atoms with E-state index in [4.69, 9.17) is 9.47 Å². The van der Waals surface area contributed by atoms with E-state index in [1.54, 1.807) is 7.11 Å². The number of nitrogens with one attached hydrogen (secondary N) is 1. The van der Waals surface area contributed by atoms with E-state index in [0.29, 0.717) is 19.7 Å². The van der Waals surface area contributed by atoms with E-state index < -0.39 is 16.4 Å². The van der Waals surface area contributed by atoms with Gasteiger partial charge in [-0.05, 0) is 7.05 Å². The zero-order valence-corrected chi connectivity index (χ0v) is 12.4. The molecule has 1 N–H and O–H groups in total. The number of nitro groups is 1. The fourth-order valence-corrected chi connectivity index (χ4v) is 1.72. The van der Waals surface area contributed by atoms with Crippen molar-refractivity contribution in [3.05, 3.63) is 28.1 Å². The van der Waals surface area contributed by atoms with E-state index in [9.17, 15) is 14.5 Å². The van der Waals surface area contributed by atoms with E-state index in [-0.39, 0.29) is 11.4 Å². The Morgan fingerprint density at radius 1 is 1.38 bits per heavy atom. The Morgan fingerprint density at radius 3 is 2.67 bits per heavy atom. The van der Waals surface area contributed by atoms with Crippen molar-refractivity contribution in [3.63, 3.8) is 0 Å². The topological polar surface area (TPSA) is 76.9 Å². The van der Waals surface area contributed by atoms with Crippen LogP contribution in [0, 0.1) is 15.9 Å². The van der Waals surface area contributed by atoms with Gasteiger partial charge in [0.15, 0.2) is 11.6 Å². The molecule has 0 aromatic heterocycles. The van der Waals surface area contributed by atoms with Crippen LogP contribution in [-0.4, -0.2) is 57.3 Å². The molecule has 1 aromatic carbocycles. The highest BCUT2D eigenvalue weighted by atomic mass is 19.1. The largest absolute Gasteiger partial charge is 0.490 e. The average Bonchev–Trinajstić information content (AvgIpc) is 2.46. The number of anilines is 1. The maximum Gasteiger partial charge on any atom is 0.313 e. The minimum Gasteiger partial charge on any atom is -0.490 e. The van der Waals surface area contributed by atoms with Crippen LogP contribution in [0.4, 0.5) is 15.8 Å². The number of nitro benzene ring substituents is 1. The van der Waals surface area contributed by atoms with Gasteiger partial charge < -0.3 is 19.7 Å². The highest BCUT2D eigenvalue weighted by Gasteiger charge is 2.19. The number of nitrogens with zero attached hydrogens (tertiary/aromatic N) is 2. The molecule has 0 aliphatic heterocycles. The molecule has 0 amide bonds. The molecule has 1 rings (SSSR count). The van der Waals surface area contributed by atoms with Crippen molar-refractivity contribution in [3.8, 4) is 5.75 Å². The van der Waals surface area contributed by atoms with Crippen LogP contribution < -0.4 is 10.1 Å². The molecular weight excluding hydrogens is 281 g/mol. The number of halogens is 1. The number of methoxy groups -OCH3 is 2. The second-order valence-electron chi connectivity index (χ2n) is 4.48. The Bertz CT molecular complexity index is 485. The van der Waals surface area contributed by atoms with Crippen LogP contribution in [0.5, 0.6) is 5.75 Å². The summed E-state index contributed by atoms with van der Waals surface area (Å²) in [6.07, 6.45) is 0. The summed E-state index contributed by atoms with van der Waals surface area (Å²) in [5.41, 5.74) is -0.213. The minimum atomic E-state index is -0.679. The lowest BCUT2D eigenvalue weighted by Crippen LogP contribution is -2.28. The van der Waals surface area contributed by atoms with Crippen LogP contribution in [0.25, 0.3) is 0 Å². The predicted molar refractivity (Wildman–Crippen MR) is 77.5 cm³/mol. The molecule has 0 saturated carbocycles. The van der Waals surface area contributed by atoms with Crippen LogP contribution in [0.2, 0.25) is 0 Å². The standard InChI is InChI=1S/C13H20FN3O4/c1-16(6-7-20-2)5-4-15-11-9-13(21-3)12(17(18)19)8-10(11)14/h8-9,15H,4-7H2,1-3H3. The second-order valence-corrected chi connectivity index (χ2v) is 4.48. The maximum atomic E-state index is 13.8. The maximum absolute atomic E-state index is 13.8. The molecule has 0 spiro atoms. The van der Waals surface area contributed by atoms with E-state index in [1.165, 1.54) is 13.2 Å². The van der Waals surface area contributed by atoms with E-state index in [1.807, 2.05) is 11.9 Å². The van der Waals surface area contributed by atoms with Crippen LogP contribution >= 0.6 is 0 Å². The van der Waals surface area contributed by atoms with Crippen molar-refractivity contribution in [1.29, 1.82) is 0 Å². The SMILES string of the molecule is COCCN(C)CCNc1cc(OC)c([N+](=O)[O-])cc1F. The molecule has 0 fully saturated rings. The van der Waals surface area contributed by atoms with Gasteiger partial charge in [0.05, 0.1) is 30.4 Å². The Kier molecular flexibility index (Phi) is 6.83. The summed E-state index contributed by atoms with van der Waals surface area (Å²) in [6, 6.07) is 2.15. The monoisotopic (exact) mass is 301 g/mol. The van der Waals surface area contributed by atoms with Crippen molar-refractivity contribution >= 4 is 11.4 Å². The summed E-state index contributed by atoms with van der Waals surface area (Å²) in [5.74, 6) is -0.654. The molecule has 0 unspecified atom stereocenters. The summed E-state index contributed by atoms with van der Waals surface area (Å²) in [7, 11) is 4.86. The molecule has 0 saturated heterocycles. The van der Waals surface area contributed by atoms with Crippen LogP contribution in [0.15, 0.2) is 12.1 Å². The summed E-state index contributed by atoms with van der Waals surface area (Å²) in [5, 5.41) is 13.7. The molecule has 0 aliphatic carbocycles. The first-order valence-corrected chi connectivity index (χ1v) is 6.42. The molecule has 0 aliphatic rings. The quantitative estimate of drug-likeness (QED) is 0.553. The Morgan fingerprint density at radius 2 is 2.10 bits per heavy atom. The molecule has 0 heterocycles. The molecule has 7 nitrogen and oxygen atoms in total. The summed E-state index contributed by atoms with van der Waals surface area (Å²) >= 11 is 0. The van der Waals surface area contributed by atoms with Crippen LogP contribution in [0.3, 0.4) is 0 Å². The van der Waals surface area contributed by atoms with Gasteiger partial charge in [0.1, 0.15) is 0 Å². The normalized spacial score (nSPS) is 10.7. The highest BCUT2D eigenvalue weighted by Crippen LogP contribution is 2.32. The number of hydrogen-bond donors (Lipinski definition) is 1. The predicted octanol–water partition coefficient (Wildman–Crippen LogP) is 1.73. The van der Waals surface area contributed by atoms with Crippen molar-refractivity contribution < 1.29 is 18.8 Å².